The van der Waals surface area contributed by atoms with E-state index in [9.17, 15) is 0 Å². The molecule has 1 N–H and O–H groups in total. The molecule has 90 valence electrons. The van der Waals surface area contributed by atoms with Crippen LogP contribution in [0.25, 0.3) is 0 Å². The Bertz CT molecular complexity index is 149. The minimum Gasteiger partial charge on any atom is -0.313 e. The Kier molecular flexibility index (Phi) is 6.26. The van der Waals surface area contributed by atoms with E-state index in [-0.39, 0.29) is 0 Å². The van der Waals surface area contributed by atoms with Gasteiger partial charge in [-0.1, -0.05) is 26.7 Å². The van der Waals surface area contributed by atoms with Gasteiger partial charge < -0.3 is 10.2 Å². The molecule has 1 aliphatic carbocycles. The van der Waals surface area contributed by atoms with Crippen molar-refractivity contribution in [3.63, 3.8) is 0 Å². The van der Waals surface area contributed by atoms with Crippen LogP contribution in [0.3, 0.4) is 0 Å². The van der Waals surface area contributed by atoms with Gasteiger partial charge in [-0.25, -0.2) is 0 Å². The SMILES string of the molecule is CCC(CC)NCCN(C)C1CCCC1. The standard InChI is InChI=1S/C13H28N2/c1-4-12(5-2)14-10-11-15(3)13-8-6-7-9-13/h12-14H,4-11H2,1-3H3. The fourth-order valence-corrected chi connectivity index (χ4v) is 2.55. The fourth-order valence-electron chi connectivity index (χ4n) is 2.55. The van der Waals surface area contributed by atoms with Crippen molar-refractivity contribution >= 4 is 0 Å². The van der Waals surface area contributed by atoms with Crippen LogP contribution in [-0.2, 0) is 0 Å². The molecule has 1 fully saturated rings. The predicted molar refractivity (Wildman–Crippen MR) is 67.3 cm³/mol. The number of hydrogen-bond acceptors (Lipinski definition) is 2. The second-order valence-corrected chi connectivity index (χ2v) is 4.89. The first-order valence-corrected chi connectivity index (χ1v) is 6.71. The summed E-state index contributed by atoms with van der Waals surface area (Å²) in [6.45, 7) is 6.89. The Morgan fingerprint density at radius 3 is 2.33 bits per heavy atom. The zero-order valence-corrected chi connectivity index (χ0v) is 10.8. The van der Waals surface area contributed by atoms with Gasteiger partial charge in [0.2, 0.25) is 0 Å². The smallest absolute Gasteiger partial charge is 0.0107 e. The Hall–Kier alpha value is -0.0800. The summed E-state index contributed by atoms with van der Waals surface area (Å²) in [7, 11) is 2.28. The van der Waals surface area contributed by atoms with Crippen LogP contribution in [-0.4, -0.2) is 37.1 Å². The summed E-state index contributed by atoms with van der Waals surface area (Å²) < 4.78 is 0. The average molecular weight is 212 g/mol. The molecule has 1 rings (SSSR count). The lowest BCUT2D eigenvalue weighted by Crippen LogP contribution is -2.38. The minimum atomic E-state index is 0.724. The topological polar surface area (TPSA) is 15.3 Å². The lowest BCUT2D eigenvalue weighted by atomic mass is 10.2. The van der Waals surface area contributed by atoms with Gasteiger partial charge in [0, 0.05) is 25.2 Å². The van der Waals surface area contributed by atoms with E-state index in [1.54, 1.807) is 0 Å². The van der Waals surface area contributed by atoms with Crippen molar-refractivity contribution in [2.75, 3.05) is 20.1 Å². The van der Waals surface area contributed by atoms with Gasteiger partial charge in [-0.15, -0.1) is 0 Å². The van der Waals surface area contributed by atoms with Crippen molar-refractivity contribution in [1.29, 1.82) is 0 Å². The van der Waals surface area contributed by atoms with E-state index >= 15 is 0 Å². The number of likely N-dealkylation sites (N-methyl/N-ethyl adjacent to an activating group) is 1. The van der Waals surface area contributed by atoms with E-state index in [1.807, 2.05) is 0 Å². The normalized spacial score (nSPS) is 18.2. The summed E-state index contributed by atoms with van der Waals surface area (Å²) in [4.78, 5) is 2.54. The quantitative estimate of drug-likeness (QED) is 0.698. The first-order valence-electron chi connectivity index (χ1n) is 6.71. The van der Waals surface area contributed by atoms with Crippen LogP contribution in [0.4, 0.5) is 0 Å². The Morgan fingerprint density at radius 1 is 1.20 bits per heavy atom. The molecule has 0 heterocycles. The van der Waals surface area contributed by atoms with Gasteiger partial charge in [-0.3, -0.25) is 0 Å². The molecular formula is C13H28N2. The summed E-state index contributed by atoms with van der Waals surface area (Å²) >= 11 is 0. The van der Waals surface area contributed by atoms with Crippen LogP contribution < -0.4 is 5.32 Å². The van der Waals surface area contributed by atoms with E-state index < -0.39 is 0 Å². The molecule has 0 radical (unpaired) electrons. The zero-order valence-electron chi connectivity index (χ0n) is 10.8. The Labute approximate surface area is 95.4 Å². The van der Waals surface area contributed by atoms with Gasteiger partial charge in [0.05, 0.1) is 0 Å². The molecule has 0 aromatic heterocycles. The van der Waals surface area contributed by atoms with Crippen LogP contribution in [0, 0.1) is 0 Å². The number of nitrogens with zero attached hydrogens (tertiary/aromatic N) is 1. The van der Waals surface area contributed by atoms with Gasteiger partial charge in [-0.05, 0) is 32.7 Å². The van der Waals surface area contributed by atoms with Crippen LogP contribution in [0.2, 0.25) is 0 Å². The maximum absolute atomic E-state index is 3.63. The second kappa shape index (κ2) is 7.24. The van der Waals surface area contributed by atoms with Crippen LogP contribution in [0.5, 0.6) is 0 Å². The molecule has 15 heavy (non-hydrogen) atoms. The number of rotatable bonds is 7. The second-order valence-electron chi connectivity index (χ2n) is 4.89. The summed E-state index contributed by atoms with van der Waals surface area (Å²) in [5.41, 5.74) is 0. The number of hydrogen-bond donors (Lipinski definition) is 1. The third kappa shape index (κ3) is 4.52. The zero-order chi connectivity index (χ0) is 11.1. The molecule has 0 spiro atoms. The van der Waals surface area contributed by atoms with Gasteiger partial charge >= 0.3 is 0 Å². The highest BCUT2D eigenvalue weighted by Gasteiger charge is 2.18. The lowest BCUT2D eigenvalue weighted by Gasteiger charge is -2.25. The molecule has 1 aliphatic rings. The van der Waals surface area contributed by atoms with Gasteiger partial charge in [-0.2, -0.15) is 0 Å². The van der Waals surface area contributed by atoms with Crippen molar-refractivity contribution in [3.8, 4) is 0 Å². The monoisotopic (exact) mass is 212 g/mol. The lowest BCUT2D eigenvalue weighted by molar-refractivity contribution is 0.241. The summed E-state index contributed by atoms with van der Waals surface area (Å²) in [5.74, 6) is 0. The number of nitrogens with one attached hydrogen (secondary N) is 1. The van der Waals surface area contributed by atoms with E-state index in [4.69, 9.17) is 0 Å². The highest BCUT2D eigenvalue weighted by Crippen LogP contribution is 2.21. The minimum absolute atomic E-state index is 0.724. The van der Waals surface area contributed by atoms with Crippen molar-refractivity contribution in [3.05, 3.63) is 0 Å². The van der Waals surface area contributed by atoms with Crippen LogP contribution in [0.15, 0.2) is 0 Å². The third-order valence-electron chi connectivity index (χ3n) is 3.83. The highest BCUT2D eigenvalue weighted by molar-refractivity contribution is 4.75. The van der Waals surface area contributed by atoms with Crippen molar-refractivity contribution in [2.24, 2.45) is 0 Å². The predicted octanol–water partition coefficient (Wildman–Crippen LogP) is 2.64. The van der Waals surface area contributed by atoms with Crippen molar-refractivity contribution < 1.29 is 0 Å². The molecule has 0 aliphatic heterocycles. The van der Waals surface area contributed by atoms with Gasteiger partial charge in [0.25, 0.3) is 0 Å². The maximum Gasteiger partial charge on any atom is 0.0107 e. The molecule has 0 aromatic rings. The first kappa shape index (κ1) is 13.0. The molecule has 1 saturated carbocycles. The summed E-state index contributed by atoms with van der Waals surface area (Å²) in [6, 6.07) is 1.59. The Balaban J connectivity index is 2.07. The van der Waals surface area contributed by atoms with Crippen molar-refractivity contribution in [1.82, 2.24) is 10.2 Å². The Morgan fingerprint density at radius 2 is 1.80 bits per heavy atom. The van der Waals surface area contributed by atoms with E-state index in [0.29, 0.717) is 0 Å². The molecule has 0 unspecified atom stereocenters. The highest BCUT2D eigenvalue weighted by atomic mass is 15.1. The molecular weight excluding hydrogens is 184 g/mol. The maximum atomic E-state index is 3.63. The molecule has 2 nitrogen and oxygen atoms in total. The largest absolute Gasteiger partial charge is 0.313 e. The fraction of sp³-hybridized carbons (Fsp3) is 1.00. The first-order chi connectivity index (χ1) is 7.27. The molecule has 0 bridgehead atoms. The van der Waals surface area contributed by atoms with Gasteiger partial charge in [0.1, 0.15) is 0 Å². The molecule has 0 atom stereocenters. The third-order valence-corrected chi connectivity index (χ3v) is 3.83. The van der Waals surface area contributed by atoms with Crippen LogP contribution >= 0.6 is 0 Å². The summed E-state index contributed by atoms with van der Waals surface area (Å²) in [5, 5.41) is 3.63. The summed E-state index contributed by atoms with van der Waals surface area (Å²) in [6.07, 6.45) is 8.22. The molecule has 0 aromatic carbocycles. The van der Waals surface area contributed by atoms with E-state index in [0.717, 1.165) is 18.6 Å². The molecule has 0 saturated heterocycles. The molecule has 2 heteroatoms. The average Bonchev–Trinajstić information content (AvgIpc) is 2.77. The van der Waals surface area contributed by atoms with E-state index in [2.05, 4.69) is 31.1 Å². The van der Waals surface area contributed by atoms with Gasteiger partial charge in [0.15, 0.2) is 0 Å². The van der Waals surface area contributed by atoms with Crippen molar-refractivity contribution in [2.45, 2.75) is 64.5 Å². The van der Waals surface area contributed by atoms with Crippen LogP contribution in [0.1, 0.15) is 52.4 Å². The van der Waals surface area contributed by atoms with E-state index in [1.165, 1.54) is 45.1 Å². The molecule has 0 amide bonds.